The number of piperidine rings is 1. The van der Waals surface area contributed by atoms with E-state index in [2.05, 4.69) is 28.1 Å². The third-order valence-corrected chi connectivity index (χ3v) is 6.17. The number of likely N-dealkylation sites (tertiary alicyclic amines) is 1. The maximum Gasteiger partial charge on any atom is 0.170 e. The van der Waals surface area contributed by atoms with Gasteiger partial charge < -0.3 is 19.6 Å². The number of para-hydroxylation sites is 1. The fourth-order valence-electron chi connectivity index (χ4n) is 4.52. The summed E-state index contributed by atoms with van der Waals surface area (Å²) in [5, 5.41) is 3.01. The molecular formula is C25H27N3O3. The number of methoxy groups -OCH3 is 2. The van der Waals surface area contributed by atoms with Crippen LogP contribution in [0.2, 0.25) is 0 Å². The van der Waals surface area contributed by atoms with Crippen LogP contribution in [-0.4, -0.2) is 43.2 Å². The Labute approximate surface area is 181 Å². The highest BCUT2D eigenvalue weighted by atomic mass is 16.5. The molecule has 6 heteroatoms. The number of pyridine rings is 1. The number of fused-ring (bicyclic) bond motifs is 2. The molecule has 0 atom stereocenters. The van der Waals surface area contributed by atoms with Gasteiger partial charge in [0.15, 0.2) is 11.5 Å². The van der Waals surface area contributed by atoms with Gasteiger partial charge in [0.2, 0.25) is 0 Å². The highest BCUT2D eigenvalue weighted by Crippen LogP contribution is 2.43. The molecule has 0 saturated carbocycles. The van der Waals surface area contributed by atoms with Crippen molar-refractivity contribution in [3.05, 3.63) is 54.4 Å². The Morgan fingerprint density at radius 3 is 2.55 bits per heavy atom. The quantitative estimate of drug-likeness (QED) is 0.512. The number of ether oxygens (including phenoxy) is 2. The summed E-state index contributed by atoms with van der Waals surface area (Å²) in [6, 6.07) is 12.6. The van der Waals surface area contributed by atoms with E-state index in [1.54, 1.807) is 14.2 Å². The van der Waals surface area contributed by atoms with Crippen molar-refractivity contribution < 1.29 is 13.9 Å². The molecule has 3 heterocycles. The van der Waals surface area contributed by atoms with Crippen LogP contribution in [0.25, 0.3) is 33.1 Å². The van der Waals surface area contributed by atoms with E-state index in [1.807, 2.05) is 30.6 Å². The average Bonchev–Trinajstić information content (AvgIpc) is 3.23. The van der Waals surface area contributed by atoms with Crippen LogP contribution < -0.4 is 15.2 Å². The van der Waals surface area contributed by atoms with Crippen LogP contribution in [0, 0.1) is 0 Å². The van der Waals surface area contributed by atoms with Crippen LogP contribution in [0.3, 0.4) is 0 Å². The molecule has 0 bridgehead atoms. The van der Waals surface area contributed by atoms with Gasteiger partial charge in [-0.25, -0.2) is 0 Å². The molecule has 160 valence electrons. The molecule has 2 aromatic heterocycles. The number of hydrogen-bond donors (Lipinski definition) is 1. The van der Waals surface area contributed by atoms with Crippen molar-refractivity contribution in [2.75, 3.05) is 27.3 Å². The zero-order valence-electron chi connectivity index (χ0n) is 17.9. The fourth-order valence-corrected chi connectivity index (χ4v) is 4.52. The molecule has 0 spiro atoms. The monoisotopic (exact) mass is 417 g/mol. The van der Waals surface area contributed by atoms with Crippen LogP contribution >= 0.6 is 0 Å². The standard InChI is InChI=1S/C25H27N3O3/c1-29-24-17(15-28-9-7-18(26)8-10-28)11-19-20(13-27-14-21(19)25(24)30-2)23-12-16-5-3-4-6-22(16)31-23/h3-6,11-14,18H,7-10,15,26H2,1-2H3. The summed E-state index contributed by atoms with van der Waals surface area (Å²) in [5.41, 5.74) is 8.98. The molecule has 2 aromatic carbocycles. The second kappa shape index (κ2) is 8.21. The van der Waals surface area contributed by atoms with Crippen LogP contribution in [0.15, 0.2) is 53.2 Å². The molecule has 1 saturated heterocycles. The Kier molecular flexibility index (Phi) is 5.26. The molecule has 0 unspecified atom stereocenters. The van der Waals surface area contributed by atoms with Crippen molar-refractivity contribution in [2.24, 2.45) is 5.73 Å². The lowest BCUT2D eigenvalue weighted by atomic mass is 9.99. The minimum atomic E-state index is 0.301. The fraction of sp³-hybridized carbons (Fsp3) is 0.320. The summed E-state index contributed by atoms with van der Waals surface area (Å²) in [5.74, 6) is 2.25. The summed E-state index contributed by atoms with van der Waals surface area (Å²) in [7, 11) is 3.37. The smallest absolute Gasteiger partial charge is 0.170 e. The molecule has 2 N–H and O–H groups in total. The second-order valence-electron chi connectivity index (χ2n) is 8.15. The van der Waals surface area contributed by atoms with Gasteiger partial charge in [0, 0.05) is 52.3 Å². The van der Waals surface area contributed by atoms with E-state index in [0.29, 0.717) is 11.8 Å². The second-order valence-corrected chi connectivity index (χ2v) is 8.15. The number of rotatable bonds is 5. The lowest BCUT2D eigenvalue weighted by Crippen LogP contribution is -2.39. The Morgan fingerprint density at radius 2 is 1.81 bits per heavy atom. The van der Waals surface area contributed by atoms with Gasteiger partial charge in [-0.2, -0.15) is 0 Å². The predicted molar refractivity (Wildman–Crippen MR) is 123 cm³/mol. The van der Waals surface area contributed by atoms with E-state index in [0.717, 1.165) is 76.9 Å². The molecular weight excluding hydrogens is 390 g/mol. The third-order valence-electron chi connectivity index (χ3n) is 6.17. The van der Waals surface area contributed by atoms with Crippen molar-refractivity contribution in [1.29, 1.82) is 0 Å². The van der Waals surface area contributed by atoms with Crippen molar-refractivity contribution in [3.63, 3.8) is 0 Å². The van der Waals surface area contributed by atoms with E-state index in [1.165, 1.54) is 0 Å². The first kappa shape index (κ1) is 19.8. The van der Waals surface area contributed by atoms with Crippen molar-refractivity contribution >= 4 is 21.7 Å². The van der Waals surface area contributed by atoms with E-state index in [9.17, 15) is 0 Å². The summed E-state index contributed by atoms with van der Waals surface area (Å²) >= 11 is 0. The predicted octanol–water partition coefficient (Wildman–Crippen LogP) is 4.59. The van der Waals surface area contributed by atoms with Gasteiger partial charge in [0.25, 0.3) is 0 Å². The molecule has 4 aromatic rings. The number of hydrogen-bond acceptors (Lipinski definition) is 6. The zero-order chi connectivity index (χ0) is 21.4. The molecule has 0 aliphatic carbocycles. The number of benzene rings is 2. The average molecular weight is 418 g/mol. The van der Waals surface area contributed by atoms with Gasteiger partial charge in [-0.05, 0) is 44.1 Å². The van der Waals surface area contributed by atoms with Crippen LogP contribution in [0.5, 0.6) is 11.5 Å². The molecule has 6 nitrogen and oxygen atoms in total. The van der Waals surface area contributed by atoms with Gasteiger partial charge in [-0.15, -0.1) is 0 Å². The maximum atomic E-state index is 6.16. The van der Waals surface area contributed by atoms with E-state index >= 15 is 0 Å². The first-order valence-electron chi connectivity index (χ1n) is 10.7. The number of nitrogens with zero attached hydrogens (tertiary/aromatic N) is 2. The first-order valence-corrected chi connectivity index (χ1v) is 10.7. The van der Waals surface area contributed by atoms with Gasteiger partial charge in [0.1, 0.15) is 11.3 Å². The molecule has 31 heavy (non-hydrogen) atoms. The van der Waals surface area contributed by atoms with Crippen LogP contribution in [0.1, 0.15) is 18.4 Å². The Morgan fingerprint density at radius 1 is 1.03 bits per heavy atom. The van der Waals surface area contributed by atoms with Crippen LogP contribution in [-0.2, 0) is 6.54 Å². The molecule has 1 fully saturated rings. The minimum absolute atomic E-state index is 0.301. The van der Waals surface area contributed by atoms with Gasteiger partial charge in [-0.3, -0.25) is 9.88 Å². The van der Waals surface area contributed by atoms with Gasteiger partial charge in [-0.1, -0.05) is 18.2 Å². The van der Waals surface area contributed by atoms with Crippen LogP contribution in [0.4, 0.5) is 0 Å². The SMILES string of the molecule is COc1c(CN2CCC(N)CC2)cc2c(-c3cc4ccccc4o3)cncc2c1OC. The lowest BCUT2D eigenvalue weighted by molar-refractivity contribution is 0.203. The van der Waals surface area contributed by atoms with E-state index in [-0.39, 0.29) is 0 Å². The Balaban J connectivity index is 1.65. The number of furan rings is 1. The summed E-state index contributed by atoms with van der Waals surface area (Å²) in [6.07, 6.45) is 5.71. The summed E-state index contributed by atoms with van der Waals surface area (Å²) in [4.78, 5) is 6.90. The van der Waals surface area contributed by atoms with Gasteiger partial charge >= 0.3 is 0 Å². The number of aromatic nitrogens is 1. The Hall–Kier alpha value is -3.09. The summed E-state index contributed by atoms with van der Waals surface area (Å²) < 4.78 is 17.8. The third kappa shape index (κ3) is 3.62. The molecule has 5 rings (SSSR count). The minimum Gasteiger partial charge on any atom is -0.492 e. The largest absolute Gasteiger partial charge is 0.492 e. The Bertz CT molecular complexity index is 1190. The molecule has 0 amide bonds. The van der Waals surface area contributed by atoms with E-state index in [4.69, 9.17) is 19.6 Å². The molecule has 1 aliphatic rings. The normalized spacial score (nSPS) is 15.6. The van der Waals surface area contributed by atoms with Crippen molar-refractivity contribution in [1.82, 2.24) is 9.88 Å². The first-order chi connectivity index (χ1) is 15.2. The number of nitrogens with two attached hydrogens (primary N) is 1. The highest BCUT2D eigenvalue weighted by molar-refractivity contribution is 6.01. The highest BCUT2D eigenvalue weighted by Gasteiger charge is 2.22. The maximum absolute atomic E-state index is 6.16. The molecule has 0 radical (unpaired) electrons. The lowest BCUT2D eigenvalue weighted by Gasteiger charge is -2.30. The summed E-state index contributed by atoms with van der Waals surface area (Å²) in [6.45, 7) is 2.75. The van der Waals surface area contributed by atoms with Crippen molar-refractivity contribution in [3.8, 4) is 22.8 Å². The van der Waals surface area contributed by atoms with Crippen molar-refractivity contribution in [2.45, 2.75) is 25.4 Å². The molecule has 1 aliphatic heterocycles. The van der Waals surface area contributed by atoms with Gasteiger partial charge in [0.05, 0.1) is 14.2 Å². The zero-order valence-corrected chi connectivity index (χ0v) is 17.9. The van der Waals surface area contributed by atoms with E-state index < -0.39 is 0 Å². The topological polar surface area (TPSA) is 73.8 Å².